The summed E-state index contributed by atoms with van der Waals surface area (Å²) in [4.78, 5) is 2.62. The molecule has 0 aromatic carbocycles. The summed E-state index contributed by atoms with van der Waals surface area (Å²) in [6, 6.07) is 0. The predicted molar refractivity (Wildman–Crippen MR) is 73.5 cm³/mol. The lowest BCUT2D eigenvalue weighted by Gasteiger charge is -2.07. The molecule has 0 saturated heterocycles. The number of hydrogen-bond acceptors (Lipinski definition) is 6. The van der Waals surface area contributed by atoms with E-state index in [4.69, 9.17) is 29.2 Å². The molecule has 0 aromatic heterocycles. The summed E-state index contributed by atoms with van der Waals surface area (Å²) >= 11 is 0. The Kier molecular flexibility index (Phi) is 17.3. The van der Waals surface area contributed by atoms with Crippen molar-refractivity contribution in [1.29, 1.82) is 0 Å². The highest BCUT2D eigenvalue weighted by atomic mass is 16.6. The molecule has 0 unspecified atom stereocenters. The van der Waals surface area contributed by atoms with Crippen LogP contribution in [0.15, 0.2) is 5.11 Å². The van der Waals surface area contributed by atoms with Gasteiger partial charge in [-0.1, -0.05) is 5.11 Å². The lowest BCUT2D eigenvalue weighted by molar-refractivity contribution is -0.00890. The molecule has 0 amide bonds. The van der Waals surface area contributed by atoms with E-state index in [0.717, 1.165) is 0 Å². The molecule has 0 rings (SSSR count). The van der Waals surface area contributed by atoms with E-state index in [1.54, 1.807) is 0 Å². The van der Waals surface area contributed by atoms with Crippen molar-refractivity contribution in [3.8, 4) is 0 Å². The average Bonchev–Trinajstić information content (AvgIpc) is 2.47. The maximum atomic E-state index is 8.03. The molecular weight excluding hydrogens is 266 g/mol. The minimum atomic E-state index is 0.347. The first-order chi connectivity index (χ1) is 9.91. The standard InChI is InChI=1S/C12H24N3O5/c1-2-16-5-6-18-9-10-20-12-11-19-8-7-17-4-3-14-15-13/h1-12H2. The number of azide groups is 1. The summed E-state index contributed by atoms with van der Waals surface area (Å²) in [7, 11) is 0. The van der Waals surface area contributed by atoms with Crippen LogP contribution in [-0.2, 0) is 23.7 Å². The maximum Gasteiger partial charge on any atom is 0.0701 e. The fourth-order valence-corrected chi connectivity index (χ4v) is 1.13. The summed E-state index contributed by atoms with van der Waals surface area (Å²) in [5.41, 5.74) is 8.03. The van der Waals surface area contributed by atoms with E-state index in [0.29, 0.717) is 72.6 Å². The minimum Gasteiger partial charge on any atom is -0.379 e. The Morgan fingerprint density at radius 3 is 1.50 bits per heavy atom. The Hall–Kier alpha value is -0.890. The van der Waals surface area contributed by atoms with Gasteiger partial charge in [-0.2, -0.15) is 0 Å². The van der Waals surface area contributed by atoms with E-state index in [-0.39, 0.29) is 0 Å². The van der Waals surface area contributed by atoms with E-state index in [2.05, 4.69) is 16.9 Å². The largest absolute Gasteiger partial charge is 0.379 e. The van der Waals surface area contributed by atoms with Gasteiger partial charge in [-0.25, -0.2) is 0 Å². The zero-order valence-electron chi connectivity index (χ0n) is 11.9. The molecule has 0 aliphatic rings. The molecule has 0 bridgehead atoms. The van der Waals surface area contributed by atoms with E-state index in [9.17, 15) is 0 Å². The lowest BCUT2D eigenvalue weighted by Crippen LogP contribution is -2.13. The maximum absolute atomic E-state index is 8.03. The van der Waals surface area contributed by atoms with Crippen LogP contribution in [0.1, 0.15) is 0 Å². The highest BCUT2D eigenvalue weighted by Gasteiger charge is 1.92. The van der Waals surface area contributed by atoms with Crippen LogP contribution in [0, 0.1) is 6.92 Å². The van der Waals surface area contributed by atoms with Crippen molar-refractivity contribution in [3.63, 3.8) is 0 Å². The number of rotatable bonds is 16. The minimum absolute atomic E-state index is 0.347. The molecule has 117 valence electrons. The Morgan fingerprint density at radius 2 is 1.10 bits per heavy atom. The van der Waals surface area contributed by atoms with Crippen molar-refractivity contribution >= 4 is 0 Å². The molecular formula is C12H24N3O5. The molecule has 0 spiro atoms. The summed E-state index contributed by atoms with van der Waals surface area (Å²) in [5, 5.41) is 3.34. The fourth-order valence-electron chi connectivity index (χ4n) is 1.13. The van der Waals surface area contributed by atoms with Gasteiger partial charge in [0, 0.05) is 18.1 Å². The second-order valence-electron chi connectivity index (χ2n) is 3.52. The van der Waals surface area contributed by atoms with Crippen molar-refractivity contribution in [2.45, 2.75) is 0 Å². The third-order valence-electron chi connectivity index (χ3n) is 2.03. The predicted octanol–water partition coefficient (Wildman–Crippen LogP) is 1.21. The Labute approximate surface area is 119 Å². The third kappa shape index (κ3) is 17.1. The fraction of sp³-hybridized carbons (Fsp3) is 0.917. The van der Waals surface area contributed by atoms with Crippen LogP contribution in [-0.4, -0.2) is 72.6 Å². The highest BCUT2D eigenvalue weighted by molar-refractivity contribution is 4.44. The Morgan fingerprint density at radius 1 is 0.700 bits per heavy atom. The van der Waals surface area contributed by atoms with Gasteiger partial charge in [0.05, 0.1) is 59.5 Å². The van der Waals surface area contributed by atoms with Crippen molar-refractivity contribution in [1.82, 2.24) is 0 Å². The van der Waals surface area contributed by atoms with Gasteiger partial charge in [0.25, 0.3) is 0 Å². The van der Waals surface area contributed by atoms with E-state index >= 15 is 0 Å². The van der Waals surface area contributed by atoms with Crippen LogP contribution < -0.4 is 0 Å². The summed E-state index contributed by atoms with van der Waals surface area (Å²) in [6.07, 6.45) is 0. The van der Waals surface area contributed by atoms with Crippen molar-refractivity contribution in [3.05, 3.63) is 17.4 Å². The van der Waals surface area contributed by atoms with Crippen LogP contribution in [0.2, 0.25) is 0 Å². The van der Waals surface area contributed by atoms with E-state index in [1.165, 1.54) is 0 Å². The molecule has 0 heterocycles. The van der Waals surface area contributed by atoms with Gasteiger partial charge in [0.15, 0.2) is 0 Å². The van der Waals surface area contributed by atoms with Gasteiger partial charge in [-0.3, -0.25) is 0 Å². The smallest absolute Gasteiger partial charge is 0.0701 e. The summed E-state index contributed by atoms with van der Waals surface area (Å²) < 4.78 is 26.0. The quantitative estimate of drug-likeness (QED) is 0.184. The molecule has 0 aliphatic heterocycles. The SMILES string of the molecule is [CH2]COCCOCCOCCOCCOCCN=[N+]=[N-]. The van der Waals surface area contributed by atoms with Crippen LogP contribution in [0.3, 0.4) is 0 Å². The van der Waals surface area contributed by atoms with Crippen molar-refractivity contribution < 1.29 is 23.7 Å². The topological polar surface area (TPSA) is 94.9 Å². The highest BCUT2D eigenvalue weighted by Crippen LogP contribution is 1.84. The second kappa shape index (κ2) is 18.1. The lowest BCUT2D eigenvalue weighted by atomic mass is 10.7. The molecule has 0 aromatic rings. The van der Waals surface area contributed by atoms with Crippen LogP contribution in [0.5, 0.6) is 0 Å². The van der Waals surface area contributed by atoms with Gasteiger partial charge in [-0.05, 0) is 12.5 Å². The number of nitrogens with zero attached hydrogens (tertiary/aromatic N) is 3. The van der Waals surface area contributed by atoms with Gasteiger partial charge in [-0.15, -0.1) is 0 Å². The molecule has 0 atom stereocenters. The molecule has 0 fully saturated rings. The van der Waals surface area contributed by atoms with E-state index in [1.807, 2.05) is 0 Å². The normalized spacial score (nSPS) is 10.4. The first kappa shape index (κ1) is 19.1. The van der Waals surface area contributed by atoms with Gasteiger partial charge in [0.1, 0.15) is 0 Å². The van der Waals surface area contributed by atoms with Gasteiger partial charge < -0.3 is 23.7 Å². The van der Waals surface area contributed by atoms with Crippen molar-refractivity contribution in [2.24, 2.45) is 5.11 Å². The first-order valence-corrected chi connectivity index (χ1v) is 6.60. The van der Waals surface area contributed by atoms with Gasteiger partial charge >= 0.3 is 0 Å². The molecule has 0 aliphatic carbocycles. The Balaban J connectivity index is 2.94. The summed E-state index contributed by atoms with van der Waals surface area (Å²) in [6.45, 7) is 9.00. The second-order valence-corrected chi connectivity index (χ2v) is 3.52. The van der Waals surface area contributed by atoms with Crippen molar-refractivity contribution in [2.75, 3.05) is 72.6 Å². The monoisotopic (exact) mass is 290 g/mol. The number of hydrogen-bond donors (Lipinski definition) is 0. The van der Waals surface area contributed by atoms with Crippen LogP contribution in [0.4, 0.5) is 0 Å². The third-order valence-corrected chi connectivity index (χ3v) is 2.03. The molecule has 8 heteroatoms. The molecule has 1 radical (unpaired) electrons. The zero-order valence-corrected chi connectivity index (χ0v) is 11.9. The average molecular weight is 290 g/mol. The van der Waals surface area contributed by atoms with Crippen LogP contribution >= 0.6 is 0 Å². The summed E-state index contributed by atoms with van der Waals surface area (Å²) in [5.74, 6) is 0. The molecule has 0 N–H and O–H groups in total. The van der Waals surface area contributed by atoms with Crippen LogP contribution in [0.25, 0.3) is 10.4 Å². The Bertz CT molecular complexity index is 237. The first-order valence-electron chi connectivity index (χ1n) is 6.60. The molecule has 20 heavy (non-hydrogen) atoms. The van der Waals surface area contributed by atoms with E-state index < -0.39 is 0 Å². The molecule has 0 saturated carbocycles. The van der Waals surface area contributed by atoms with Gasteiger partial charge in [0.2, 0.25) is 0 Å². The zero-order chi connectivity index (χ0) is 14.7. The number of ether oxygens (including phenoxy) is 5. The molecule has 8 nitrogen and oxygen atoms in total.